The van der Waals surface area contributed by atoms with Crippen LogP contribution in [0.3, 0.4) is 0 Å². The average Bonchev–Trinajstić information content (AvgIpc) is 2.05. The van der Waals surface area contributed by atoms with Gasteiger partial charge in [0.15, 0.2) is 0 Å². The predicted octanol–water partition coefficient (Wildman–Crippen LogP) is 2.00. The van der Waals surface area contributed by atoms with Crippen molar-refractivity contribution in [3.8, 4) is 0 Å². The number of hydrogen-bond donors (Lipinski definition) is 1. The van der Waals surface area contributed by atoms with Crippen molar-refractivity contribution in [2.24, 2.45) is 5.73 Å². The normalized spacial score (nSPS) is 21.5. The van der Waals surface area contributed by atoms with Crippen LogP contribution in [0.2, 0.25) is 0 Å². The van der Waals surface area contributed by atoms with E-state index in [2.05, 4.69) is 12.7 Å². The number of hydrogen-bond acceptors (Lipinski definition) is 1. The zero-order chi connectivity index (χ0) is 7.40. The molecule has 1 aliphatic rings. The monoisotopic (exact) mass is 137 g/mol. The summed E-state index contributed by atoms with van der Waals surface area (Å²) in [5, 5.41) is 0. The third-order valence-electron chi connectivity index (χ3n) is 2.01. The highest BCUT2D eigenvalue weighted by atomic mass is 14.6. The zero-order valence-corrected chi connectivity index (χ0v) is 6.34. The summed E-state index contributed by atoms with van der Waals surface area (Å²) in [6.45, 7) is 3.67. The highest BCUT2D eigenvalue weighted by Crippen LogP contribution is 2.19. The number of nitrogens with two attached hydrogens (primary N) is 1. The Labute approximate surface area is 62.6 Å². The van der Waals surface area contributed by atoms with Crippen LogP contribution >= 0.6 is 0 Å². The van der Waals surface area contributed by atoms with Crippen molar-refractivity contribution in [3.05, 3.63) is 24.3 Å². The van der Waals surface area contributed by atoms with Crippen molar-refractivity contribution < 1.29 is 0 Å². The van der Waals surface area contributed by atoms with Gasteiger partial charge in [-0.3, -0.25) is 0 Å². The molecule has 0 unspecified atom stereocenters. The van der Waals surface area contributed by atoms with E-state index in [9.17, 15) is 0 Å². The lowest BCUT2D eigenvalue weighted by Crippen LogP contribution is -2.20. The summed E-state index contributed by atoms with van der Waals surface area (Å²) < 4.78 is 0. The fourth-order valence-electron chi connectivity index (χ4n) is 1.32. The van der Waals surface area contributed by atoms with E-state index >= 15 is 0 Å². The Bertz CT molecular complexity index is 147. The van der Waals surface area contributed by atoms with Crippen molar-refractivity contribution >= 4 is 0 Å². The fraction of sp³-hybridized carbons (Fsp3) is 0.556. The lowest BCUT2D eigenvalue weighted by atomic mass is 9.94. The van der Waals surface area contributed by atoms with Crippen LogP contribution < -0.4 is 5.73 Å². The van der Waals surface area contributed by atoms with Crippen LogP contribution in [0.4, 0.5) is 0 Å². The highest BCUT2D eigenvalue weighted by molar-refractivity contribution is 5.17. The van der Waals surface area contributed by atoms with Crippen LogP contribution in [0.25, 0.3) is 0 Å². The van der Waals surface area contributed by atoms with Crippen LogP contribution in [0.15, 0.2) is 24.3 Å². The molecule has 0 amide bonds. The summed E-state index contributed by atoms with van der Waals surface area (Å²) in [4.78, 5) is 0. The maximum Gasteiger partial charge on any atom is 0.0437 e. The van der Waals surface area contributed by atoms with Gasteiger partial charge in [0.25, 0.3) is 0 Å². The molecule has 10 heavy (non-hydrogen) atoms. The van der Waals surface area contributed by atoms with Gasteiger partial charge < -0.3 is 5.73 Å². The standard InChI is InChI=1S/C9H15N/c1-2-9(10)8-6-4-3-5-7-8/h2,6,9H,1,3-5,7,10H2/t9-/m1/s1. The van der Waals surface area contributed by atoms with Crippen LogP contribution in [0, 0.1) is 0 Å². The number of rotatable bonds is 2. The molecule has 1 aliphatic carbocycles. The Hall–Kier alpha value is -0.560. The molecule has 0 heterocycles. The zero-order valence-electron chi connectivity index (χ0n) is 6.34. The van der Waals surface area contributed by atoms with Gasteiger partial charge in [-0.1, -0.05) is 17.7 Å². The molecule has 0 spiro atoms. The molecular weight excluding hydrogens is 122 g/mol. The van der Waals surface area contributed by atoms with Gasteiger partial charge in [0.1, 0.15) is 0 Å². The van der Waals surface area contributed by atoms with E-state index in [0.29, 0.717) is 0 Å². The molecule has 0 aliphatic heterocycles. The predicted molar refractivity (Wildman–Crippen MR) is 44.7 cm³/mol. The second-order valence-corrected chi connectivity index (χ2v) is 2.79. The minimum atomic E-state index is 0.111. The van der Waals surface area contributed by atoms with Gasteiger partial charge in [0, 0.05) is 6.04 Å². The van der Waals surface area contributed by atoms with E-state index in [0.717, 1.165) is 0 Å². The number of allylic oxidation sites excluding steroid dienone is 1. The lowest BCUT2D eigenvalue weighted by molar-refractivity contribution is 0.670. The Balaban J connectivity index is 2.52. The molecule has 0 bridgehead atoms. The summed E-state index contributed by atoms with van der Waals surface area (Å²) in [7, 11) is 0. The summed E-state index contributed by atoms with van der Waals surface area (Å²) in [6.07, 6.45) is 9.08. The molecule has 1 nitrogen and oxygen atoms in total. The van der Waals surface area contributed by atoms with Crippen molar-refractivity contribution in [1.29, 1.82) is 0 Å². The van der Waals surface area contributed by atoms with Gasteiger partial charge in [-0.05, 0) is 25.7 Å². The van der Waals surface area contributed by atoms with Crippen molar-refractivity contribution in [3.63, 3.8) is 0 Å². The van der Waals surface area contributed by atoms with Gasteiger partial charge in [-0.25, -0.2) is 0 Å². The first-order valence-corrected chi connectivity index (χ1v) is 3.91. The van der Waals surface area contributed by atoms with E-state index in [4.69, 9.17) is 5.73 Å². The molecule has 1 rings (SSSR count). The Morgan fingerprint density at radius 3 is 2.90 bits per heavy atom. The SMILES string of the molecule is C=C[C@@H](N)C1=CCCCC1. The van der Waals surface area contributed by atoms with Gasteiger partial charge in [0.05, 0.1) is 0 Å². The van der Waals surface area contributed by atoms with Crippen LogP contribution in [0.1, 0.15) is 25.7 Å². The quantitative estimate of drug-likeness (QED) is 0.579. The van der Waals surface area contributed by atoms with Crippen molar-refractivity contribution in [2.75, 3.05) is 0 Å². The topological polar surface area (TPSA) is 26.0 Å². The second-order valence-electron chi connectivity index (χ2n) is 2.79. The molecule has 0 saturated heterocycles. The van der Waals surface area contributed by atoms with Gasteiger partial charge in [-0.2, -0.15) is 0 Å². The van der Waals surface area contributed by atoms with E-state index in [-0.39, 0.29) is 6.04 Å². The molecule has 0 fully saturated rings. The maximum atomic E-state index is 5.76. The molecule has 0 aromatic carbocycles. The molecular formula is C9H15N. The van der Waals surface area contributed by atoms with Gasteiger partial charge >= 0.3 is 0 Å². The van der Waals surface area contributed by atoms with E-state index < -0.39 is 0 Å². The molecule has 2 N–H and O–H groups in total. The van der Waals surface area contributed by atoms with Crippen LogP contribution in [0.5, 0.6) is 0 Å². The van der Waals surface area contributed by atoms with Gasteiger partial charge in [-0.15, -0.1) is 6.58 Å². The third kappa shape index (κ3) is 1.71. The minimum absolute atomic E-state index is 0.111. The molecule has 0 aromatic rings. The summed E-state index contributed by atoms with van der Waals surface area (Å²) in [5.41, 5.74) is 7.14. The molecule has 0 radical (unpaired) electrons. The first kappa shape index (κ1) is 7.55. The van der Waals surface area contributed by atoms with E-state index in [1.807, 2.05) is 6.08 Å². The Morgan fingerprint density at radius 1 is 1.60 bits per heavy atom. The highest BCUT2D eigenvalue weighted by Gasteiger charge is 2.07. The maximum absolute atomic E-state index is 5.76. The first-order valence-electron chi connectivity index (χ1n) is 3.91. The largest absolute Gasteiger partial charge is 0.321 e. The lowest BCUT2D eigenvalue weighted by Gasteiger charge is -2.15. The third-order valence-corrected chi connectivity index (χ3v) is 2.01. The van der Waals surface area contributed by atoms with Crippen LogP contribution in [-0.2, 0) is 0 Å². The summed E-state index contributed by atoms with van der Waals surface area (Å²) >= 11 is 0. The Kier molecular flexibility index (Phi) is 2.69. The summed E-state index contributed by atoms with van der Waals surface area (Å²) in [5.74, 6) is 0. The average molecular weight is 137 g/mol. The van der Waals surface area contributed by atoms with E-state index in [1.54, 1.807) is 0 Å². The molecule has 1 heteroatoms. The minimum Gasteiger partial charge on any atom is -0.321 e. The van der Waals surface area contributed by atoms with E-state index in [1.165, 1.54) is 31.3 Å². The first-order chi connectivity index (χ1) is 4.84. The fourth-order valence-corrected chi connectivity index (χ4v) is 1.32. The second kappa shape index (κ2) is 3.57. The van der Waals surface area contributed by atoms with Crippen molar-refractivity contribution in [1.82, 2.24) is 0 Å². The van der Waals surface area contributed by atoms with Crippen molar-refractivity contribution in [2.45, 2.75) is 31.7 Å². The molecule has 1 atom stereocenters. The smallest absolute Gasteiger partial charge is 0.0437 e. The van der Waals surface area contributed by atoms with Crippen LogP contribution in [-0.4, -0.2) is 6.04 Å². The molecule has 0 saturated carbocycles. The Morgan fingerprint density at radius 2 is 2.40 bits per heavy atom. The molecule has 56 valence electrons. The summed E-state index contributed by atoms with van der Waals surface area (Å²) in [6, 6.07) is 0.111. The molecule has 0 aromatic heterocycles. The van der Waals surface area contributed by atoms with Gasteiger partial charge in [0.2, 0.25) is 0 Å².